The molecule has 18 heavy (non-hydrogen) atoms. The predicted octanol–water partition coefficient (Wildman–Crippen LogP) is 2.38. The van der Waals surface area contributed by atoms with E-state index in [9.17, 15) is 14.7 Å². The number of amides is 1. The van der Waals surface area contributed by atoms with Crippen LogP contribution in [0.25, 0.3) is 0 Å². The third-order valence-corrected chi connectivity index (χ3v) is 3.71. The highest BCUT2D eigenvalue weighted by molar-refractivity contribution is 5.98. The molecule has 0 saturated carbocycles. The minimum Gasteiger partial charge on any atom is -0.481 e. The van der Waals surface area contributed by atoms with Crippen molar-refractivity contribution < 1.29 is 14.7 Å². The standard InChI is InChI=1S/C14H25NO3/c1-9(2)10-7-6-8-15(10)12(16)11(13(17)18)14(3,4)5/h9-11H,6-8H2,1-5H3,(H,17,18). The van der Waals surface area contributed by atoms with Crippen LogP contribution in [0.15, 0.2) is 0 Å². The van der Waals surface area contributed by atoms with E-state index in [1.807, 2.05) is 20.8 Å². The first-order valence-electron chi connectivity index (χ1n) is 6.69. The molecule has 2 atom stereocenters. The van der Waals surface area contributed by atoms with Crippen LogP contribution in [0.5, 0.6) is 0 Å². The van der Waals surface area contributed by atoms with Gasteiger partial charge in [0.1, 0.15) is 5.92 Å². The van der Waals surface area contributed by atoms with Gasteiger partial charge in [-0.25, -0.2) is 0 Å². The van der Waals surface area contributed by atoms with Gasteiger partial charge in [0.2, 0.25) is 5.91 Å². The molecule has 0 radical (unpaired) electrons. The summed E-state index contributed by atoms with van der Waals surface area (Å²) in [6.45, 7) is 10.3. The van der Waals surface area contributed by atoms with Crippen LogP contribution in [0.2, 0.25) is 0 Å². The molecule has 0 aliphatic carbocycles. The number of rotatable bonds is 3. The Balaban J connectivity index is 2.94. The summed E-state index contributed by atoms with van der Waals surface area (Å²) < 4.78 is 0. The maximum Gasteiger partial charge on any atom is 0.316 e. The van der Waals surface area contributed by atoms with E-state index in [0.717, 1.165) is 12.8 Å². The number of carboxylic acids is 1. The number of carbonyl (C=O) groups is 2. The quantitative estimate of drug-likeness (QED) is 0.788. The van der Waals surface area contributed by atoms with Gasteiger partial charge in [0.15, 0.2) is 0 Å². The maximum atomic E-state index is 12.5. The van der Waals surface area contributed by atoms with Crippen LogP contribution in [0, 0.1) is 17.3 Å². The summed E-state index contributed by atoms with van der Waals surface area (Å²) >= 11 is 0. The van der Waals surface area contributed by atoms with Crippen LogP contribution in [-0.4, -0.2) is 34.5 Å². The van der Waals surface area contributed by atoms with Crippen molar-refractivity contribution >= 4 is 11.9 Å². The summed E-state index contributed by atoms with van der Waals surface area (Å²) in [5, 5.41) is 9.32. The summed E-state index contributed by atoms with van der Waals surface area (Å²) in [4.78, 5) is 25.7. The fourth-order valence-corrected chi connectivity index (χ4v) is 2.77. The minimum atomic E-state index is -1.01. The average molecular weight is 255 g/mol. The fourth-order valence-electron chi connectivity index (χ4n) is 2.77. The van der Waals surface area contributed by atoms with Gasteiger partial charge in [-0.05, 0) is 24.2 Å². The molecule has 0 aromatic carbocycles. The lowest BCUT2D eigenvalue weighted by atomic mass is 9.79. The van der Waals surface area contributed by atoms with Crippen molar-refractivity contribution in [2.75, 3.05) is 6.54 Å². The van der Waals surface area contributed by atoms with Crippen molar-refractivity contribution in [3.63, 3.8) is 0 Å². The highest BCUT2D eigenvalue weighted by Crippen LogP contribution is 2.32. The van der Waals surface area contributed by atoms with Gasteiger partial charge >= 0.3 is 5.97 Å². The molecular formula is C14H25NO3. The van der Waals surface area contributed by atoms with Gasteiger partial charge in [-0.15, -0.1) is 0 Å². The zero-order valence-corrected chi connectivity index (χ0v) is 12.1. The molecule has 0 aromatic rings. The summed E-state index contributed by atoms with van der Waals surface area (Å²) in [5.41, 5.74) is -0.549. The Labute approximate surface area is 109 Å². The lowest BCUT2D eigenvalue weighted by Gasteiger charge is -2.34. The Morgan fingerprint density at radius 2 is 1.83 bits per heavy atom. The number of carboxylic acid groups (broad SMARTS) is 1. The second-order valence-corrected chi connectivity index (χ2v) is 6.62. The molecule has 1 saturated heterocycles. The first-order valence-corrected chi connectivity index (χ1v) is 6.69. The smallest absolute Gasteiger partial charge is 0.316 e. The Morgan fingerprint density at radius 3 is 2.22 bits per heavy atom. The Morgan fingerprint density at radius 1 is 1.28 bits per heavy atom. The van der Waals surface area contributed by atoms with E-state index in [1.165, 1.54) is 0 Å². The van der Waals surface area contributed by atoms with Crippen molar-refractivity contribution in [2.45, 2.75) is 53.5 Å². The van der Waals surface area contributed by atoms with Gasteiger partial charge < -0.3 is 10.0 Å². The second-order valence-electron chi connectivity index (χ2n) is 6.62. The highest BCUT2D eigenvalue weighted by Gasteiger charge is 2.43. The first-order chi connectivity index (χ1) is 8.16. The lowest BCUT2D eigenvalue weighted by Crippen LogP contribution is -2.48. The molecular weight excluding hydrogens is 230 g/mol. The summed E-state index contributed by atoms with van der Waals surface area (Å²) in [5.74, 6) is -1.80. The van der Waals surface area contributed by atoms with Crippen LogP contribution in [0.3, 0.4) is 0 Å². The number of nitrogens with zero attached hydrogens (tertiary/aromatic N) is 1. The average Bonchev–Trinajstić information content (AvgIpc) is 2.61. The van der Waals surface area contributed by atoms with Crippen LogP contribution in [-0.2, 0) is 9.59 Å². The lowest BCUT2D eigenvalue weighted by molar-refractivity contribution is -0.157. The SMILES string of the molecule is CC(C)C1CCCN1C(=O)C(C(=O)O)C(C)(C)C. The Hall–Kier alpha value is -1.06. The minimum absolute atomic E-state index is 0.196. The fraction of sp³-hybridized carbons (Fsp3) is 0.857. The van der Waals surface area contributed by atoms with E-state index in [2.05, 4.69) is 13.8 Å². The molecule has 0 aromatic heterocycles. The Kier molecular flexibility index (Phi) is 4.41. The van der Waals surface area contributed by atoms with Gasteiger partial charge in [0.25, 0.3) is 0 Å². The van der Waals surface area contributed by atoms with Crippen LogP contribution in [0.4, 0.5) is 0 Å². The normalized spacial score (nSPS) is 22.3. The monoisotopic (exact) mass is 255 g/mol. The zero-order valence-electron chi connectivity index (χ0n) is 12.1. The number of aliphatic carboxylic acids is 1. The van der Waals surface area contributed by atoms with E-state index in [0.29, 0.717) is 12.5 Å². The summed E-state index contributed by atoms with van der Waals surface area (Å²) in [6.07, 6.45) is 1.96. The summed E-state index contributed by atoms with van der Waals surface area (Å²) in [7, 11) is 0. The van der Waals surface area contributed by atoms with E-state index in [1.54, 1.807) is 4.90 Å². The highest BCUT2D eigenvalue weighted by atomic mass is 16.4. The molecule has 104 valence electrons. The molecule has 0 spiro atoms. The molecule has 1 N–H and O–H groups in total. The molecule has 1 rings (SSSR count). The molecule has 1 fully saturated rings. The Bertz CT molecular complexity index is 330. The number of hydrogen-bond acceptors (Lipinski definition) is 2. The van der Waals surface area contributed by atoms with E-state index >= 15 is 0 Å². The topological polar surface area (TPSA) is 57.6 Å². The van der Waals surface area contributed by atoms with Crippen LogP contribution >= 0.6 is 0 Å². The largest absolute Gasteiger partial charge is 0.481 e. The zero-order chi connectivity index (χ0) is 14.1. The van der Waals surface area contributed by atoms with Crippen molar-refractivity contribution in [1.29, 1.82) is 0 Å². The van der Waals surface area contributed by atoms with E-state index in [4.69, 9.17) is 0 Å². The van der Waals surface area contributed by atoms with Gasteiger partial charge in [-0.3, -0.25) is 9.59 Å². The summed E-state index contributed by atoms with van der Waals surface area (Å²) in [6, 6.07) is 0.196. The molecule has 1 amide bonds. The van der Waals surface area contributed by atoms with Gasteiger partial charge in [0.05, 0.1) is 0 Å². The third-order valence-electron chi connectivity index (χ3n) is 3.71. The first kappa shape index (κ1) is 15.0. The molecule has 4 nitrogen and oxygen atoms in total. The molecule has 2 unspecified atom stereocenters. The van der Waals surface area contributed by atoms with Crippen LogP contribution < -0.4 is 0 Å². The predicted molar refractivity (Wildman–Crippen MR) is 70.2 cm³/mol. The van der Waals surface area contributed by atoms with Crippen molar-refractivity contribution in [2.24, 2.45) is 17.3 Å². The maximum absolute atomic E-state index is 12.5. The number of likely N-dealkylation sites (tertiary alicyclic amines) is 1. The molecule has 1 aliphatic rings. The molecule has 0 bridgehead atoms. The van der Waals surface area contributed by atoms with Gasteiger partial charge in [-0.1, -0.05) is 34.6 Å². The number of hydrogen-bond donors (Lipinski definition) is 1. The van der Waals surface area contributed by atoms with E-state index in [-0.39, 0.29) is 11.9 Å². The van der Waals surface area contributed by atoms with Crippen molar-refractivity contribution in [1.82, 2.24) is 4.90 Å². The van der Waals surface area contributed by atoms with Gasteiger partial charge in [-0.2, -0.15) is 0 Å². The van der Waals surface area contributed by atoms with E-state index < -0.39 is 17.3 Å². The van der Waals surface area contributed by atoms with Crippen LogP contribution in [0.1, 0.15) is 47.5 Å². The van der Waals surface area contributed by atoms with Crippen molar-refractivity contribution in [3.05, 3.63) is 0 Å². The molecule has 1 heterocycles. The second kappa shape index (κ2) is 5.29. The molecule has 4 heteroatoms. The van der Waals surface area contributed by atoms with Crippen molar-refractivity contribution in [3.8, 4) is 0 Å². The number of carbonyl (C=O) groups excluding carboxylic acids is 1. The third kappa shape index (κ3) is 3.03. The van der Waals surface area contributed by atoms with Gasteiger partial charge in [0, 0.05) is 12.6 Å². The molecule has 1 aliphatic heterocycles.